The predicted octanol–water partition coefficient (Wildman–Crippen LogP) is 6.13. The summed E-state index contributed by atoms with van der Waals surface area (Å²) in [4.78, 5) is 10.8. The van der Waals surface area contributed by atoms with Gasteiger partial charge in [0.25, 0.3) is 0 Å². The van der Waals surface area contributed by atoms with E-state index in [0.29, 0.717) is 0 Å². The maximum absolute atomic E-state index is 10.8. The maximum atomic E-state index is 10.8. The normalized spacial score (nSPS) is 10.4. The van der Waals surface area contributed by atoms with Crippen LogP contribution in [0.25, 0.3) is 0 Å². The molecule has 28 heavy (non-hydrogen) atoms. The minimum atomic E-state index is -0.760. The largest absolute Gasteiger partial charge is 0.481 e. The lowest BCUT2D eigenvalue weighted by Crippen LogP contribution is -2.08. The van der Waals surface area contributed by atoms with Crippen LogP contribution in [0.4, 0.5) is 5.69 Å². The van der Waals surface area contributed by atoms with Crippen molar-refractivity contribution in [1.82, 2.24) is 0 Å². The first-order valence-electron chi connectivity index (χ1n) is 9.88. The quantitative estimate of drug-likeness (QED) is 0.670. The van der Waals surface area contributed by atoms with Crippen molar-refractivity contribution >= 4 is 11.7 Å². The molecule has 0 atom stereocenters. The molecule has 0 aliphatic rings. The molecule has 2 aromatic carbocycles. The standard InChI is InChI=1S/C13H18O2.C12H19N/c1-7-8(2)10(4)12(6-13(14)15)11(5)9(7)3;1-7-8(2)10(4)12(13-6)11(5)9(7)3/h6H2,1-5H3,(H,14,15);13H,1-6H3. The number of hydrogen-bond donors (Lipinski definition) is 2. The highest BCUT2D eigenvalue weighted by atomic mass is 16.4. The van der Waals surface area contributed by atoms with Gasteiger partial charge in [0.1, 0.15) is 0 Å². The summed E-state index contributed by atoms with van der Waals surface area (Å²) in [6.07, 6.45) is 0.125. The van der Waals surface area contributed by atoms with Gasteiger partial charge in [-0.05, 0) is 130 Å². The first-order chi connectivity index (χ1) is 12.9. The van der Waals surface area contributed by atoms with E-state index in [1.54, 1.807) is 0 Å². The lowest BCUT2D eigenvalue weighted by atomic mass is 9.88. The van der Waals surface area contributed by atoms with Crippen LogP contribution in [0.1, 0.15) is 61.2 Å². The molecule has 2 aromatic rings. The molecule has 0 spiro atoms. The van der Waals surface area contributed by atoms with Crippen LogP contribution >= 0.6 is 0 Å². The van der Waals surface area contributed by atoms with Gasteiger partial charge in [-0.1, -0.05) is 0 Å². The van der Waals surface area contributed by atoms with E-state index < -0.39 is 5.97 Å². The zero-order valence-corrected chi connectivity index (χ0v) is 19.6. The molecule has 0 aliphatic heterocycles. The Balaban J connectivity index is 0.000000283. The monoisotopic (exact) mass is 383 g/mol. The number of hydrogen-bond acceptors (Lipinski definition) is 2. The van der Waals surface area contributed by atoms with Crippen molar-refractivity contribution in [2.45, 2.75) is 75.7 Å². The van der Waals surface area contributed by atoms with Crippen LogP contribution in [0, 0.1) is 69.2 Å². The Kier molecular flexibility index (Phi) is 7.86. The van der Waals surface area contributed by atoms with E-state index in [-0.39, 0.29) is 6.42 Å². The fourth-order valence-corrected chi connectivity index (χ4v) is 3.87. The first-order valence-corrected chi connectivity index (χ1v) is 9.88. The number of carboxylic acids is 1. The van der Waals surface area contributed by atoms with E-state index in [9.17, 15) is 4.79 Å². The Hall–Kier alpha value is -2.29. The zero-order chi connectivity index (χ0) is 21.9. The first kappa shape index (κ1) is 23.7. The smallest absolute Gasteiger partial charge is 0.307 e. The zero-order valence-electron chi connectivity index (χ0n) is 19.6. The third-order valence-corrected chi connectivity index (χ3v) is 6.73. The van der Waals surface area contributed by atoms with E-state index in [2.05, 4.69) is 60.7 Å². The van der Waals surface area contributed by atoms with Gasteiger partial charge in [-0.3, -0.25) is 4.79 Å². The Labute approximate surface area is 171 Å². The molecular weight excluding hydrogens is 346 g/mol. The van der Waals surface area contributed by atoms with Gasteiger partial charge in [-0.15, -0.1) is 0 Å². The van der Waals surface area contributed by atoms with Crippen LogP contribution in [-0.4, -0.2) is 18.1 Å². The van der Waals surface area contributed by atoms with Crippen molar-refractivity contribution in [3.8, 4) is 0 Å². The molecule has 2 rings (SSSR count). The summed E-state index contributed by atoms with van der Waals surface area (Å²) in [7, 11) is 1.99. The average molecular weight is 384 g/mol. The van der Waals surface area contributed by atoms with Gasteiger partial charge in [-0.25, -0.2) is 0 Å². The molecule has 0 fully saturated rings. The second-order valence-corrected chi connectivity index (χ2v) is 7.92. The van der Waals surface area contributed by atoms with Gasteiger partial charge in [0.2, 0.25) is 0 Å². The van der Waals surface area contributed by atoms with Crippen LogP contribution in [-0.2, 0) is 11.2 Å². The topological polar surface area (TPSA) is 49.3 Å². The molecule has 0 aromatic heterocycles. The Bertz CT molecular complexity index is 850. The average Bonchev–Trinajstić information content (AvgIpc) is 2.66. The molecule has 0 heterocycles. The van der Waals surface area contributed by atoms with E-state index >= 15 is 0 Å². The number of nitrogens with one attached hydrogen (secondary N) is 1. The van der Waals surface area contributed by atoms with Gasteiger partial charge >= 0.3 is 5.97 Å². The molecular formula is C25H37NO2. The van der Waals surface area contributed by atoms with Crippen LogP contribution in [0.2, 0.25) is 0 Å². The van der Waals surface area contributed by atoms with E-state index in [1.165, 1.54) is 50.2 Å². The van der Waals surface area contributed by atoms with Crippen LogP contribution < -0.4 is 5.32 Å². The van der Waals surface area contributed by atoms with Crippen molar-refractivity contribution in [2.24, 2.45) is 0 Å². The Morgan fingerprint density at radius 1 is 0.607 bits per heavy atom. The van der Waals surface area contributed by atoms with Gasteiger partial charge < -0.3 is 10.4 Å². The Morgan fingerprint density at radius 2 is 0.893 bits per heavy atom. The number of anilines is 1. The molecule has 0 saturated heterocycles. The van der Waals surface area contributed by atoms with Gasteiger partial charge in [0.15, 0.2) is 0 Å². The summed E-state index contributed by atoms with van der Waals surface area (Å²) in [6, 6.07) is 0. The minimum absolute atomic E-state index is 0.125. The van der Waals surface area contributed by atoms with Crippen molar-refractivity contribution in [1.29, 1.82) is 0 Å². The highest BCUT2D eigenvalue weighted by molar-refractivity contribution is 5.72. The van der Waals surface area contributed by atoms with E-state index in [1.807, 2.05) is 20.9 Å². The molecule has 2 N–H and O–H groups in total. The van der Waals surface area contributed by atoms with E-state index in [4.69, 9.17) is 5.11 Å². The van der Waals surface area contributed by atoms with Crippen molar-refractivity contribution in [3.05, 3.63) is 61.2 Å². The van der Waals surface area contributed by atoms with Crippen molar-refractivity contribution in [2.75, 3.05) is 12.4 Å². The molecule has 0 unspecified atom stereocenters. The summed E-state index contributed by atoms with van der Waals surface area (Å²) < 4.78 is 0. The Morgan fingerprint density at radius 3 is 1.18 bits per heavy atom. The highest BCUT2D eigenvalue weighted by Gasteiger charge is 2.14. The van der Waals surface area contributed by atoms with Crippen LogP contribution in [0.5, 0.6) is 0 Å². The summed E-state index contributed by atoms with van der Waals surface area (Å²) in [6.45, 7) is 21.2. The molecule has 3 heteroatoms. The molecule has 0 amide bonds. The number of rotatable bonds is 3. The number of carboxylic acid groups (broad SMARTS) is 1. The second kappa shape index (κ2) is 9.27. The highest BCUT2D eigenvalue weighted by Crippen LogP contribution is 2.29. The van der Waals surface area contributed by atoms with Crippen LogP contribution in [0.3, 0.4) is 0 Å². The number of benzene rings is 2. The molecule has 0 saturated carbocycles. The predicted molar refractivity (Wildman–Crippen MR) is 121 cm³/mol. The molecule has 0 bridgehead atoms. The lowest BCUT2D eigenvalue weighted by Gasteiger charge is -2.17. The SMILES string of the molecule is CNc1c(C)c(C)c(C)c(C)c1C.Cc1c(C)c(C)c(CC(=O)O)c(C)c1C. The summed E-state index contributed by atoms with van der Waals surface area (Å²) in [5, 5.41) is 12.1. The summed E-state index contributed by atoms with van der Waals surface area (Å²) >= 11 is 0. The maximum Gasteiger partial charge on any atom is 0.307 e. The number of aliphatic carboxylic acids is 1. The molecule has 0 radical (unpaired) electrons. The van der Waals surface area contributed by atoms with Crippen LogP contribution in [0.15, 0.2) is 0 Å². The minimum Gasteiger partial charge on any atom is -0.481 e. The summed E-state index contributed by atoms with van der Waals surface area (Å²) in [5.74, 6) is -0.760. The summed E-state index contributed by atoms with van der Waals surface area (Å²) in [5.41, 5.74) is 15.2. The second-order valence-electron chi connectivity index (χ2n) is 7.92. The number of carbonyl (C=O) groups is 1. The van der Waals surface area contributed by atoms with Gasteiger partial charge in [-0.2, -0.15) is 0 Å². The molecule has 0 aliphatic carbocycles. The van der Waals surface area contributed by atoms with Gasteiger partial charge in [0.05, 0.1) is 6.42 Å². The fraction of sp³-hybridized carbons (Fsp3) is 0.480. The van der Waals surface area contributed by atoms with E-state index in [0.717, 1.165) is 16.7 Å². The van der Waals surface area contributed by atoms with Crippen molar-refractivity contribution in [3.63, 3.8) is 0 Å². The molecule has 154 valence electrons. The van der Waals surface area contributed by atoms with Gasteiger partial charge in [0, 0.05) is 12.7 Å². The third-order valence-electron chi connectivity index (χ3n) is 6.73. The fourth-order valence-electron chi connectivity index (χ4n) is 3.87. The van der Waals surface area contributed by atoms with Crippen molar-refractivity contribution < 1.29 is 9.90 Å². The molecule has 3 nitrogen and oxygen atoms in total. The third kappa shape index (κ3) is 4.57. The lowest BCUT2D eigenvalue weighted by molar-refractivity contribution is -0.136.